The van der Waals surface area contributed by atoms with Gasteiger partial charge in [0.05, 0.1) is 27.4 Å². The van der Waals surface area contributed by atoms with Gasteiger partial charge in [0.15, 0.2) is 4.77 Å². The Balaban J connectivity index is 1.73. The van der Waals surface area contributed by atoms with Crippen LogP contribution < -0.4 is 0 Å². The van der Waals surface area contributed by atoms with E-state index < -0.39 is 0 Å². The van der Waals surface area contributed by atoms with Crippen LogP contribution in [0.3, 0.4) is 0 Å². The molecule has 3 aromatic rings. The molecule has 21 heavy (non-hydrogen) atoms. The Hall–Kier alpha value is -1.30. The van der Waals surface area contributed by atoms with Gasteiger partial charge in [0.2, 0.25) is 0 Å². The minimum absolute atomic E-state index is 0.535. The van der Waals surface area contributed by atoms with Crippen molar-refractivity contribution in [1.29, 1.82) is 0 Å². The summed E-state index contributed by atoms with van der Waals surface area (Å²) >= 11 is 17.5. The molecule has 1 aromatic carbocycles. The first-order chi connectivity index (χ1) is 10.1. The van der Waals surface area contributed by atoms with Crippen LogP contribution in [0.1, 0.15) is 12.8 Å². The number of imidazole rings is 2. The van der Waals surface area contributed by atoms with Crippen molar-refractivity contribution in [2.45, 2.75) is 25.9 Å². The molecule has 110 valence electrons. The molecule has 2 heterocycles. The highest BCUT2D eigenvalue weighted by molar-refractivity contribution is 7.71. The zero-order valence-corrected chi connectivity index (χ0v) is 13.5. The summed E-state index contributed by atoms with van der Waals surface area (Å²) in [6, 6.07) is 3.68. The second-order valence-corrected chi connectivity index (χ2v) is 6.07. The minimum Gasteiger partial charge on any atom is -0.337 e. The molecule has 0 bridgehead atoms. The molecule has 2 aromatic heterocycles. The Morgan fingerprint density at radius 1 is 1.14 bits per heavy atom. The van der Waals surface area contributed by atoms with Crippen molar-refractivity contribution < 1.29 is 0 Å². The highest BCUT2D eigenvalue weighted by Gasteiger charge is 2.08. The number of hydrogen-bond donors (Lipinski definition) is 1. The lowest BCUT2D eigenvalue weighted by atomic mass is 10.3. The molecule has 0 saturated carbocycles. The van der Waals surface area contributed by atoms with E-state index in [4.69, 9.17) is 35.4 Å². The smallest absolute Gasteiger partial charge is 0.178 e. The molecule has 0 saturated heterocycles. The number of unbranched alkanes of at least 4 members (excludes halogenated alkanes) is 1. The number of hydrogen-bond acceptors (Lipinski definition) is 2. The van der Waals surface area contributed by atoms with Gasteiger partial charge in [-0.2, -0.15) is 0 Å². The number of aromatic nitrogens is 4. The van der Waals surface area contributed by atoms with Gasteiger partial charge in [0.25, 0.3) is 0 Å². The van der Waals surface area contributed by atoms with Gasteiger partial charge in [-0.3, -0.25) is 0 Å². The number of rotatable bonds is 5. The topological polar surface area (TPSA) is 38.5 Å². The Morgan fingerprint density at radius 2 is 1.90 bits per heavy atom. The number of H-pyrrole nitrogens is 1. The average Bonchev–Trinajstić information content (AvgIpc) is 3.05. The number of aryl methyl sites for hydroxylation is 2. The van der Waals surface area contributed by atoms with Crippen molar-refractivity contribution in [3.05, 3.63) is 45.7 Å². The Morgan fingerprint density at radius 3 is 2.67 bits per heavy atom. The highest BCUT2D eigenvalue weighted by atomic mass is 35.5. The van der Waals surface area contributed by atoms with E-state index in [0.717, 1.165) is 37.0 Å². The third kappa shape index (κ3) is 3.15. The number of nitrogens with zero attached hydrogens (tertiary/aromatic N) is 3. The number of nitrogens with one attached hydrogen (secondary N) is 1. The van der Waals surface area contributed by atoms with Crippen molar-refractivity contribution >= 4 is 46.5 Å². The average molecular weight is 341 g/mol. The molecular weight excluding hydrogens is 327 g/mol. The van der Waals surface area contributed by atoms with Gasteiger partial charge in [-0.1, -0.05) is 23.2 Å². The maximum atomic E-state index is 6.09. The first-order valence-electron chi connectivity index (χ1n) is 6.68. The molecule has 1 N–H and O–H groups in total. The third-order valence-corrected chi connectivity index (χ3v) is 4.47. The van der Waals surface area contributed by atoms with E-state index in [1.807, 2.05) is 24.7 Å². The van der Waals surface area contributed by atoms with Gasteiger partial charge < -0.3 is 14.1 Å². The molecule has 3 rings (SSSR count). The van der Waals surface area contributed by atoms with Crippen LogP contribution >= 0.6 is 35.4 Å². The summed E-state index contributed by atoms with van der Waals surface area (Å²) in [7, 11) is 0. The fraction of sp³-hybridized carbons (Fsp3) is 0.286. The van der Waals surface area contributed by atoms with E-state index in [-0.39, 0.29) is 0 Å². The molecule has 0 atom stereocenters. The second kappa shape index (κ2) is 6.22. The van der Waals surface area contributed by atoms with Gasteiger partial charge in [-0.25, -0.2) is 4.98 Å². The summed E-state index contributed by atoms with van der Waals surface area (Å²) < 4.78 is 4.84. The van der Waals surface area contributed by atoms with Crippen molar-refractivity contribution in [2.75, 3.05) is 0 Å². The van der Waals surface area contributed by atoms with Crippen LogP contribution in [0.25, 0.3) is 11.0 Å². The number of aromatic amines is 1. The number of halogens is 2. The maximum absolute atomic E-state index is 6.09. The molecule has 0 aliphatic carbocycles. The third-order valence-electron chi connectivity index (χ3n) is 3.42. The lowest BCUT2D eigenvalue weighted by molar-refractivity contribution is 0.556. The van der Waals surface area contributed by atoms with E-state index in [0.29, 0.717) is 14.8 Å². The molecule has 0 radical (unpaired) electrons. The van der Waals surface area contributed by atoms with E-state index in [9.17, 15) is 0 Å². The van der Waals surface area contributed by atoms with Crippen LogP contribution in [0, 0.1) is 4.77 Å². The predicted octanol–water partition coefficient (Wildman–Crippen LogP) is 4.68. The summed E-state index contributed by atoms with van der Waals surface area (Å²) in [4.78, 5) is 7.20. The van der Waals surface area contributed by atoms with E-state index in [1.165, 1.54) is 0 Å². The molecule has 7 heteroatoms. The summed E-state index contributed by atoms with van der Waals surface area (Å²) in [6.45, 7) is 1.81. The van der Waals surface area contributed by atoms with E-state index in [2.05, 4.69) is 19.1 Å². The second-order valence-electron chi connectivity index (χ2n) is 4.87. The molecule has 0 amide bonds. The first kappa shape index (κ1) is 14.6. The summed E-state index contributed by atoms with van der Waals surface area (Å²) in [6.07, 6.45) is 7.69. The predicted molar refractivity (Wildman–Crippen MR) is 88.6 cm³/mol. The lowest BCUT2D eigenvalue weighted by Crippen LogP contribution is -2.01. The minimum atomic E-state index is 0.535. The van der Waals surface area contributed by atoms with E-state index >= 15 is 0 Å². The van der Waals surface area contributed by atoms with Gasteiger partial charge in [0, 0.05) is 25.5 Å². The number of fused-ring (bicyclic) bond motifs is 1. The van der Waals surface area contributed by atoms with Gasteiger partial charge in [-0.15, -0.1) is 0 Å². The maximum Gasteiger partial charge on any atom is 0.178 e. The van der Waals surface area contributed by atoms with Crippen molar-refractivity contribution in [3.63, 3.8) is 0 Å². The van der Waals surface area contributed by atoms with Crippen LogP contribution in [0.2, 0.25) is 10.0 Å². The molecule has 4 nitrogen and oxygen atoms in total. The fourth-order valence-corrected chi connectivity index (χ4v) is 2.98. The lowest BCUT2D eigenvalue weighted by Gasteiger charge is -2.06. The van der Waals surface area contributed by atoms with Crippen molar-refractivity contribution in [1.82, 2.24) is 19.1 Å². The molecule has 0 spiro atoms. The first-order valence-corrected chi connectivity index (χ1v) is 7.85. The van der Waals surface area contributed by atoms with Gasteiger partial charge in [0.1, 0.15) is 0 Å². The van der Waals surface area contributed by atoms with Gasteiger partial charge >= 0.3 is 0 Å². The molecule has 0 aliphatic rings. The van der Waals surface area contributed by atoms with Crippen LogP contribution in [0.5, 0.6) is 0 Å². The van der Waals surface area contributed by atoms with Crippen molar-refractivity contribution in [3.8, 4) is 0 Å². The van der Waals surface area contributed by atoms with Crippen LogP contribution in [-0.4, -0.2) is 19.1 Å². The summed E-state index contributed by atoms with van der Waals surface area (Å²) in [5.41, 5.74) is 1.92. The molecular formula is C14H14Cl2N4S. The monoisotopic (exact) mass is 340 g/mol. The summed E-state index contributed by atoms with van der Waals surface area (Å²) in [5, 5.41) is 1.08. The highest BCUT2D eigenvalue weighted by Crippen LogP contribution is 2.27. The van der Waals surface area contributed by atoms with Crippen LogP contribution in [-0.2, 0) is 13.1 Å². The normalized spacial score (nSPS) is 11.3. The Labute approximate surface area is 137 Å². The summed E-state index contributed by atoms with van der Waals surface area (Å²) in [5.74, 6) is 0. The molecule has 0 aliphatic heterocycles. The Bertz CT molecular complexity index is 804. The quantitative estimate of drug-likeness (QED) is 0.540. The zero-order chi connectivity index (χ0) is 14.8. The van der Waals surface area contributed by atoms with E-state index in [1.54, 1.807) is 6.20 Å². The van der Waals surface area contributed by atoms with Crippen molar-refractivity contribution in [2.24, 2.45) is 0 Å². The molecule has 0 fully saturated rings. The van der Waals surface area contributed by atoms with Crippen LogP contribution in [0.15, 0.2) is 30.9 Å². The Kier molecular flexibility index (Phi) is 4.33. The number of benzene rings is 1. The molecule has 0 unspecified atom stereocenters. The zero-order valence-electron chi connectivity index (χ0n) is 11.2. The largest absolute Gasteiger partial charge is 0.337 e. The fourth-order valence-electron chi connectivity index (χ4n) is 2.36. The van der Waals surface area contributed by atoms with Crippen LogP contribution in [0.4, 0.5) is 0 Å². The van der Waals surface area contributed by atoms with Gasteiger partial charge in [-0.05, 0) is 37.2 Å². The standard InChI is InChI=1S/C14H14Cl2N4S/c15-10-7-12-13(8-11(10)16)20(14(21)18-12)5-2-1-4-19-6-3-17-9-19/h3,6-9H,1-2,4-5H2,(H,18,21). The SMILES string of the molecule is S=c1[nH]c2cc(Cl)c(Cl)cc2n1CCCCn1ccnc1.